The van der Waals surface area contributed by atoms with Crippen LogP contribution in [-0.4, -0.2) is 11.6 Å². The van der Waals surface area contributed by atoms with E-state index in [1.54, 1.807) is 6.07 Å². The molecule has 0 saturated heterocycles. The summed E-state index contributed by atoms with van der Waals surface area (Å²) in [5, 5.41) is 6.45. The number of nitrogens with zero attached hydrogens (tertiary/aromatic N) is 2. The van der Waals surface area contributed by atoms with Crippen LogP contribution < -0.4 is 5.01 Å². The third-order valence-electron chi connectivity index (χ3n) is 2.86. The minimum absolute atomic E-state index is 0.00798. The van der Waals surface area contributed by atoms with Crippen LogP contribution in [0.15, 0.2) is 23.3 Å². The van der Waals surface area contributed by atoms with Gasteiger partial charge in [0.2, 0.25) is 0 Å². The Morgan fingerprint density at radius 1 is 1.41 bits per heavy atom. The van der Waals surface area contributed by atoms with Gasteiger partial charge in [0.15, 0.2) is 0 Å². The summed E-state index contributed by atoms with van der Waals surface area (Å²) < 4.78 is 0. The summed E-state index contributed by atoms with van der Waals surface area (Å²) in [4.78, 5) is 11.9. The van der Waals surface area contributed by atoms with Crippen molar-refractivity contribution in [2.45, 2.75) is 27.2 Å². The summed E-state index contributed by atoms with van der Waals surface area (Å²) in [6.07, 6.45) is 0.406. The van der Waals surface area contributed by atoms with Gasteiger partial charge in [-0.3, -0.25) is 4.79 Å². The molecule has 1 amide bonds. The van der Waals surface area contributed by atoms with Crippen molar-refractivity contribution in [3.8, 4) is 0 Å². The molecule has 0 fully saturated rings. The van der Waals surface area contributed by atoms with E-state index in [9.17, 15) is 4.79 Å². The van der Waals surface area contributed by atoms with Crippen LogP contribution in [0.1, 0.15) is 25.8 Å². The van der Waals surface area contributed by atoms with Crippen LogP contribution in [0.25, 0.3) is 0 Å². The predicted molar refractivity (Wildman–Crippen MR) is 70.6 cm³/mol. The molecule has 0 aromatic heterocycles. The van der Waals surface area contributed by atoms with Gasteiger partial charge in [0.25, 0.3) is 5.91 Å². The maximum atomic E-state index is 11.9. The Labute approximate surface area is 106 Å². The molecule has 1 aromatic carbocycles. The first-order valence-corrected chi connectivity index (χ1v) is 6.03. The average molecular weight is 251 g/mol. The Bertz CT molecular complexity index is 494. The summed E-state index contributed by atoms with van der Waals surface area (Å²) in [6, 6.07) is 5.54. The normalized spacial score (nSPS) is 15.7. The first kappa shape index (κ1) is 12.1. The number of hydrogen-bond donors (Lipinski definition) is 0. The van der Waals surface area contributed by atoms with Gasteiger partial charge in [-0.25, -0.2) is 5.01 Å². The van der Waals surface area contributed by atoms with Crippen molar-refractivity contribution in [3.05, 3.63) is 28.8 Å². The second kappa shape index (κ2) is 4.49. The third kappa shape index (κ3) is 2.34. The molecule has 2 rings (SSSR count). The number of amides is 1. The van der Waals surface area contributed by atoms with Gasteiger partial charge >= 0.3 is 0 Å². The maximum absolute atomic E-state index is 11.9. The smallest absolute Gasteiger partial charge is 0.253 e. The molecule has 0 atom stereocenters. The average Bonchev–Trinajstić information content (AvgIpc) is 2.65. The van der Waals surface area contributed by atoms with Crippen LogP contribution in [0, 0.1) is 12.8 Å². The van der Waals surface area contributed by atoms with E-state index in [2.05, 4.69) is 5.10 Å². The molecule has 17 heavy (non-hydrogen) atoms. The van der Waals surface area contributed by atoms with Gasteiger partial charge in [0.1, 0.15) is 0 Å². The molecule has 90 valence electrons. The molecule has 0 radical (unpaired) electrons. The fourth-order valence-electron chi connectivity index (χ4n) is 1.68. The number of anilines is 1. The summed E-state index contributed by atoms with van der Waals surface area (Å²) >= 11 is 6.05. The Morgan fingerprint density at radius 3 is 2.65 bits per heavy atom. The van der Waals surface area contributed by atoms with Crippen LogP contribution in [0.2, 0.25) is 5.02 Å². The van der Waals surface area contributed by atoms with Gasteiger partial charge in [-0.1, -0.05) is 31.5 Å². The second-order valence-electron chi connectivity index (χ2n) is 4.56. The largest absolute Gasteiger partial charge is 0.272 e. The van der Waals surface area contributed by atoms with Gasteiger partial charge in [0.05, 0.1) is 17.8 Å². The van der Waals surface area contributed by atoms with Crippen molar-refractivity contribution in [2.75, 3.05) is 5.01 Å². The van der Waals surface area contributed by atoms with Crippen molar-refractivity contribution in [1.29, 1.82) is 0 Å². The molecule has 1 aliphatic rings. The fraction of sp³-hybridized carbons (Fsp3) is 0.385. The third-order valence-corrected chi connectivity index (χ3v) is 3.27. The quantitative estimate of drug-likeness (QED) is 0.792. The van der Waals surface area contributed by atoms with Gasteiger partial charge in [-0.2, -0.15) is 5.10 Å². The van der Waals surface area contributed by atoms with Crippen molar-refractivity contribution in [3.63, 3.8) is 0 Å². The Kier molecular flexibility index (Phi) is 3.20. The molecule has 4 heteroatoms. The number of hydrazone groups is 1. The van der Waals surface area contributed by atoms with E-state index in [0.717, 1.165) is 17.0 Å². The van der Waals surface area contributed by atoms with Gasteiger partial charge in [-0.15, -0.1) is 0 Å². The van der Waals surface area contributed by atoms with Gasteiger partial charge < -0.3 is 0 Å². The fourth-order valence-corrected chi connectivity index (χ4v) is 1.86. The lowest BCUT2D eigenvalue weighted by Gasteiger charge is -2.12. The molecule has 0 bridgehead atoms. The SMILES string of the molecule is Cc1ccc(N2N=C(C(C)C)CC2=O)cc1Cl. The van der Waals surface area contributed by atoms with Crippen LogP contribution in [0.5, 0.6) is 0 Å². The van der Waals surface area contributed by atoms with Gasteiger partial charge in [0, 0.05) is 5.02 Å². The molecule has 3 nitrogen and oxygen atoms in total. The van der Waals surface area contributed by atoms with E-state index < -0.39 is 0 Å². The first-order chi connectivity index (χ1) is 7.99. The van der Waals surface area contributed by atoms with Crippen molar-refractivity contribution >= 4 is 28.9 Å². The highest BCUT2D eigenvalue weighted by molar-refractivity contribution is 6.31. The van der Waals surface area contributed by atoms with Crippen molar-refractivity contribution < 1.29 is 4.79 Å². The molecule has 0 saturated carbocycles. The molecule has 0 unspecified atom stereocenters. The van der Waals surface area contributed by atoms with E-state index >= 15 is 0 Å². The zero-order valence-electron chi connectivity index (χ0n) is 10.2. The lowest BCUT2D eigenvalue weighted by molar-refractivity contribution is -0.116. The molecular formula is C13H15ClN2O. The van der Waals surface area contributed by atoms with Crippen molar-refractivity contribution in [2.24, 2.45) is 11.0 Å². The van der Waals surface area contributed by atoms with E-state index in [0.29, 0.717) is 17.4 Å². The van der Waals surface area contributed by atoms with E-state index in [1.165, 1.54) is 5.01 Å². The van der Waals surface area contributed by atoms with Crippen LogP contribution in [0.3, 0.4) is 0 Å². The minimum atomic E-state index is 0.00798. The number of rotatable bonds is 2. The van der Waals surface area contributed by atoms with Crippen molar-refractivity contribution in [1.82, 2.24) is 0 Å². The number of hydrogen-bond acceptors (Lipinski definition) is 2. The van der Waals surface area contributed by atoms with E-state index in [-0.39, 0.29) is 5.91 Å². The highest BCUT2D eigenvalue weighted by Gasteiger charge is 2.26. The zero-order chi connectivity index (χ0) is 12.6. The number of halogens is 1. The summed E-state index contributed by atoms with van der Waals surface area (Å²) in [6.45, 7) is 6.01. The number of carbonyl (C=O) groups is 1. The molecule has 0 aliphatic carbocycles. The topological polar surface area (TPSA) is 32.7 Å². The Hall–Kier alpha value is -1.35. The zero-order valence-corrected chi connectivity index (χ0v) is 11.0. The molecule has 1 heterocycles. The predicted octanol–water partition coefficient (Wildman–Crippen LogP) is 3.40. The maximum Gasteiger partial charge on any atom is 0.253 e. The van der Waals surface area contributed by atoms with E-state index in [1.807, 2.05) is 32.9 Å². The number of carbonyl (C=O) groups excluding carboxylic acids is 1. The van der Waals surface area contributed by atoms with Gasteiger partial charge in [-0.05, 0) is 30.5 Å². The molecule has 1 aliphatic heterocycles. The Morgan fingerprint density at radius 2 is 2.12 bits per heavy atom. The standard InChI is InChI=1S/C13H15ClN2O/c1-8(2)12-7-13(17)16(15-12)10-5-4-9(3)11(14)6-10/h4-6,8H,7H2,1-3H3. The lowest BCUT2D eigenvalue weighted by atomic mass is 10.1. The summed E-state index contributed by atoms with van der Waals surface area (Å²) in [5.74, 6) is 0.304. The summed E-state index contributed by atoms with van der Waals surface area (Å²) in [7, 11) is 0. The van der Waals surface area contributed by atoms with E-state index in [4.69, 9.17) is 11.6 Å². The molecular weight excluding hydrogens is 236 g/mol. The highest BCUT2D eigenvalue weighted by atomic mass is 35.5. The van der Waals surface area contributed by atoms with Crippen LogP contribution in [0.4, 0.5) is 5.69 Å². The monoisotopic (exact) mass is 250 g/mol. The number of aryl methyl sites for hydroxylation is 1. The van der Waals surface area contributed by atoms with Crippen LogP contribution in [-0.2, 0) is 4.79 Å². The lowest BCUT2D eigenvalue weighted by Crippen LogP contribution is -2.19. The first-order valence-electron chi connectivity index (χ1n) is 5.65. The molecule has 0 spiro atoms. The molecule has 1 aromatic rings. The molecule has 0 N–H and O–H groups in total. The minimum Gasteiger partial charge on any atom is -0.272 e. The number of benzene rings is 1. The van der Waals surface area contributed by atoms with Crippen LogP contribution >= 0.6 is 11.6 Å². The summed E-state index contributed by atoms with van der Waals surface area (Å²) in [5.41, 5.74) is 2.66. The highest BCUT2D eigenvalue weighted by Crippen LogP contribution is 2.27. The Balaban J connectivity index is 2.34. The second-order valence-corrected chi connectivity index (χ2v) is 4.97.